The Kier molecular flexibility index (Phi) is 4.22. The minimum Gasteiger partial charge on any atom is -0.397 e. The number of hydrogen-bond acceptors (Lipinski definition) is 4. The molecule has 20 heavy (non-hydrogen) atoms. The van der Waals surface area contributed by atoms with E-state index >= 15 is 0 Å². The molecule has 8 heteroatoms. The molecule has 4 N–H and O–H groups in total. The summed E-state index contributed by atoms with van der Waals surface area (Å²) in [6, 6.07) is 3.33. The molecule has 1 saturated carbocycles. The maximum Gasteiger partial charge on any atom is 0.241 e. The molecule has 6 nitrogen and oxygen atoms in total. The Morgan fingerprint density at radius 3 is 2.65 bits per heavy atom. The Labute approximate surface area is 122 Å². The van der Waals surface area contributed by atoms with Gasteiger partial charge in [-0.1, -0.05) is 11.6 Å². The summed E-state index contributed by atoms with van der Waals surface area (Å²) in [6.07, 6.45) is 1.89. The van der Waals surface area contributed by atoms with E-state index in [2.05, 4.69) is 10.0 Å². The van der Waals surface area contributed by atoms with E-state index in [1.54, 1.807) is 0 Å². The molecule has 0 aromatic heterocycles. The number of rotatable bonds is 5. The van der Waals surface area contributed by atoms with E-state index in [1.165, 1.54) is 25.1 Å². The number of amides is 1. The molecule has 0 bridgehead atoms. The van der Waals surface area contributed by atoms with Gasteiger partial charge in [0, 0.05) is 6.04 Å². The smallest absolute Gasteiger partial charge is 0.241 e. The summed E-state index contributed by atoms with van der Waals surface area (Å²) in [6.45, 7) is 1.49. The van der Waals surface area contributed by atoms with Gasteiger partial charge in [-0.05, 0) is 38.0 Å². The molecule has 1 amide bonds. The minimum absolute atomic E-state index is 0.0227. The maximum absolute atomic E-state index is 12.1. The number of benzene rings is 1. The number of carbonyl (C=O) groups excluding carboxylic acids is 1. The van der Waals surface area contributed by atoms with Crippen molar-refractivity contribution in [1.29, 1.82) is 0 Å². The molecule has 0 heterocycles. The second-order valence-corrected chi connectivity index (χ2v) is 6.93. The van der Waals surface area contributed by atoms with Crippen LogP contribution in [0.25, 0.3) is 0 Å². The number of carbonyl (C=O) groups is 1. The lowest BCUT2D eigenvalue weighted by Crippen LogP contribution is -2.45. The number of sulfonamides is 1. The third kappa shape index (κ3) is 3.62. The van der Waals surface area contributed by atoms with Crippen LogP contribution in [-0.4, -0.2) is 26.4 Å². The fraction of sp³-hybridized carbons (Fsp3) is 0.417. The number of nitrogen functional groups attached to an aromatic ring is 1. The molecular formula is C12H16ClN3O3S. The normalized spacial score (nSPS) is 16.7. The Morgan fingerprint density at radius 1 is 1.45 bits per heavy atom. The first-order valence-electron chi connectivity index (χ1n) is 6.17. The van der Waals surface area contributed by atoms with Gasteiger partial charge in [-0.25, -0.2) is 8.42 Å². The van der Waals surface area contributed by atoms with Gasteiger partial charge in [0.05, 0.1) is 21.6 Å². The summed E-state index contributed by atoms with van der Waals surface area (Å²) in [5.74, 6) is -0.335. The number of nitrogens with two attached hydrogens (primary N) is 1. The molecule has 1 aliphatic carbocycles. The molecule has 1 aromatic carbocycles. The summed E-state index contributed by atoms with van der Waals surface area (Å²) in [5.41, 5.74) is 5.75. The van der Waals surface area contributed by atoms with Crippen LogP contribution < -0.4 is 15.8 Å². The van der Waals surface area contributed by atoms with E-state index in [-0.39, 0.29) is 27.6 Å². The van der Waals surface area contributed by atoms with Gasteiger partial charge in [-0.15, -0.1) is 0 Å². The van der Waals surface area contributed by atoms with Crippen molar-refractivity contribution in [3.8, 4) is 0 Å². The van der Waals surface area contributed by atoms with Crippen molar-refractivity contribution < 1.29 is 13.2 Å². The number of anilines is 1. The molecule has 0 saturated heterocycles. The van der Waals surface area contributed by atoms with Crippen molar-refractivity contribution in [3.05, 3.63) is 23.2 Å². The molecule has 1 unspecified atom stereocenters. The minimum atomic E-state index is -3.81. The van der Waals surface area contributed by atoms with Crippen molar-refractivity contribution in [3.63, 3.8) is 0 Å². The summed E-state index contributed by atoms with van der Waals surface area (Å²) in [5, 5.41) is 3.02. The molecule has 1 fully saturated rings. The van der Waals surface area contributed by atoms with E-state index in [0.717, 1.165) is 12.8 Å². The fourth-order valence-corrected chi connectivity index (χ4v) is 2.95. The monoisotopic (exact) mass is 317 g/mol. The van der Waals surface area contributed by atoms with Gasteiger partial charge < -0.3 is 11.1 Å². The Morgan fingerprint density at radius 2 is 2.10 bits per heavy atom. The maximum atomic E-state index is 12.1. The second kappa shape index (κ2) is 5.59. The SMILES string of the molecule is CC(NS(=O)(=O)c1ccc(Cl)c(N)c1)C(=O)NC1CC1. The van der Waals surface area contributed by atoms with Crippen molar-refractivity contribution >= 4 is 33.2 Å². The van der Waals surface area contributed by atoms with Crippen LogP contribution in [-0.2, 0) is 14.8 Å². The molecule has 2 rings (SSSR count). The molecule has 1 aromatic rings. The highest BCUT2D eigenvalue weighted by atomic mass is 35.5. The third-order valence-corrected chi connectivity index (χ3v) is 4.81. The predicted molar refractivity (Wildman–Crippen MR) is 76.8 cm³/mol. The predicted octanol–water partition coefficient (Wildman–Crippen LogP) is 0.868. The van der Waals surface area contributed by atoms with Gasteiger partial charge in [-0.3, -0.25) is 4.79 Å². The van der Waals surface area contributed by atoms with Crippen molar-refractivity contribution in [1.82, 2.24) is 10.0 Å². The molecule has 110 valence electrons. The highest BCUT2D eigenvalue weighted by molar-refractivity contribution is 7.89. The van der Waals surface area contributed by atoms with Gasteiger partial charge in [0.25, 0.3) is 0 Å². The zero-order valence-corrected chi connectivity index (χ0v) is 12.5. The lowest BCUT2D eigenvalue weighted by Gasteiger charge is -2.14. The first-order chi connectivity index (χ1) is 9.29. The first-order valence-corrected chi connectivity index (χ1v) is 8.03. The molecule has 1 aliphatic rings. The van der Waals surface area contributed by atoms with Crippen LogP contribution in [0.5, 0.6) is 0 Å². The van der Waals surface area contributed by atoms with Crippen LogP contribution in [0.15, 0.2) is 23.1 Å². The van der Waals surface area contributed by atoms with Crippen molar-refractivity contribution in [2.45, 2.75) is 36.7 Å². The standard InChI is InChI=1S/C12H16ClN3O3S/c1-7(12(17)15-8-2-3-8)16-20(18,19)9-4-5-10(13)11(14)6-9/h4-8,16H,2-3,14H2,1H3,(H,15,17). The molecule has 0 radical (unpaired) electrons. The van der Waals surface area contributed by atoms with E-state index < -0.39 is 16.1 Å². The van der Waals surface area contributed by atoms with Crippen LogP contribution in [0.2, 0.25) is 5.02 Å². The number of halogens is 1. The van der Waals surface area contributed by atoms with Crippen molar-refractivity contribution in [2.24, 2.45) is 0 Å². The average molecular weight is 318 g/mol. The summed E-state index contributed by atoms with van der Waals surface area (Å²) < 4.78 is 26.6. The number of hydrogen-bond donors (Lipinski definition) is 3. The average Bonchev–Trinajstić information content (AvgIpc) is 3.15. The molecule has 1 atom stereocenters. The van der Waals surface area contributed by atoms with Crippen LogP contribution in [0.4, 0.5) is 5.69 Å². The van der Waals surface area contributed by atoms with Crippen LogP contribution in [0.1, 0.15) is 19.8 Å². The third-order valence-electron chi connectivity index (χ3n) is 2.93. The highest BCUT2D eigenvalue weighted by Gasteiger charge is 2.28. The van der Waals surface area contributed by atoms with Crippen LogP contribution in [0, 0.1) is 0 Å². The summed E-state index contributed by atoms with van der Waals surface area (Å²) in [7, 11) is -3.81. The summed E-state index contributed by atoms with van der Waals surface area (Å²) >= 11 is 5.75. The van der Waals surface area contributed by atoms with E-state index in [1.807, 2.05) is 0 Å². The Hall–Kier alpha value is -1.31. The largest absolute Gasteiger partial charge is 0.397 e. The van der Waals surface area contributed by atoms with Gasteiger partial charge in [0.1, 0.15) is 0 Å². The van der Waals surface area contributed by atoms with Gasteiger partial charge in [0.15, 0.2) is 0 Å². The van der Waals surface area contributed by atoms with Crippen LogP contribution in [0.3, 0.4) is 0 Å². The van der Waals surface area contributed by atoms with E-state index in [9.17, 15) is 13.2 Å². The van der Waals surface area contributed by atoms with Gasteiger partial charge in [0.2, 0.25) is 15.9 Å². The molecular weight excluding hydrogens is 302 g/mol. The quantitative estimate of drug-likeness (QED) is 0.701. The van der Waals surface area contributed by atoms with E-state index in [4.69, 9.17) is 17.3 Å². The number of nitrogens with one attached hydrogen (secondary N) is 2. The van der Waals surface area contributed by atoms with Crippen molar-refractivity contribution in [2.75, 3.05) is 5.73 Å². The lowest BCUT2D eigenvalue weighted by molar-refractivity contribution is -0.122. The van der Waals surface area contributed by atoms with E-state index in [0.29, 0.717) is 0 Å². The molecule has 0 spiro atoms. The zero-order chi connectivity index (χ0) is 14.9. The van der Waals surface area contributed by atoms with Gasteiger partial charge in [-0.2, -0.15) is 4.72 Å². The van der Waals surface area contributed by atoms with Gasteiger partial charge >= 0.3 is 0 Å². The summed E-state index contributed by atoms with van der Waals surface area (Å²) in [4.78, 5) is 11.7. The highest BCUT2D eigenvalue weighted by Crippen LogP contribution is 2.22. The Balaban J connectivity index is 2.09. The lowest BCUT2D eigenvalue weighted by atomic mass is 10.3. The first kappa shape index (κ1) is 15.1. The second-order valence-electron chi connectivity index (χ2n) is 4.81. The zero-order valence-electron chi connectivity index (χ0n) is 10.9. The topological polar surface area (TPSA) is 101 Å². The molecule has 0 aliphatic heterocycles. The fourth-order valence-electron chi connectivity index (χ4n) is 1.60. The van der Waals surface area contributed by atoms with Crippen LogP contribution >= 0.6 is 11.6 Å². The Bertz CT molecular complexity index is 629.